The van der Waals surface area contributed by atoms with Gasteiger partial charge in [0.1, 0.15) is 11.9 Å². The quantitative estimate of drug-likeness (QED) is 0.452. The Hall–Kier alpha value is -0.310. The van der Waals surface area contributed by atoms with Gasteiger partial charge < -0.3 is 4.29 Å². The fraction of sp³-hybridized carbons (Fsp3) is 0.929. The van der Waals surface area contributed by atoms with Crippen molar-refractivity contribution >= 4 is 17.8 Å². The lowest BCUT2D eigenvalue weighted by atomic mass is 10.1. The van der Waals surface area contributed by atoms with Crippen LogP contribution in [0.4, 0.5) is 4.39 Å². The second-order valence-corrected chi connectivity index (χ2v) is 4.99. The predicted molar refractivity (Wildman–Crippen MR) is 73.3 cm³/mol. The van der Waals surface area contributed by atoms with E-state index in [1.807, 2.05) is 0 Å². The van der Waals surface area contributed by atoms with Crippen molar-refractivity contribution in [3.63, 3.8) is 0 Å². The van der Waals surface area contributed by atoms with Crippen molar-refractivity contribution < 1.29 is 13.5 Å². The molecule has 0 heterocycles. The molecule has 0 fully saturated rings. The van der Waals surface area contributed by atoms with Gasteiger partial charge >= 0.3 is 5.97 Å². The number of carbonyl (C=O) groups excluding carboxylic acids is 1. The molecule has 18 heavy (non-hydrogen) atoms. The second-order valence-electron chi connectivity index (χ2n) is 4.83. The Kier molecular flexibility index (Phi) is 12.9. The van der Waals surface area contributed by atoms with Crippen molar-refractivity contribution in [2.24, 2.45) is 0 Å². The first-order valence-corrected chi connectivity index (χ1v) is 7.49. The molecule has 0 radical (unpaired) electrons. The molecule has 2 nitrogen and oxygen atoms in total. The highest BCUT2D eigenvalue weighted by Gasteiger charge is 2.17. The lowest BCUT2D eigenvalue weighted by Crippen LogP contribution is -2.14. The standard InChI is InChI=1S/C14H26ClFO2/c1-2-3-4-5-6-7-8-9-10-11-12-13(16)14(17)18-15/h13H,2-12H2,1H3. The third kappa shape index (κ3) is 10.8. The molecule has 4 heteroatoms. The number of unbranched alkanes of at least 4 members (excludes halogenated alkanes) is 9. The first-order chi connectivity index (χ1) is 8.72. The molecule has 0 amide bonds. The van der Waals surface area contributed by atoms with E-state index >= 15 is 0 Å². The molecule has 0 aromatic carbocycles. The minimum atomic E-state index is -1.56. The fourth-order valence-corrected chi connectivity index (χ4v) is 2.07. The summed E-state index contributed by atoms with van der Waals surface area (Å²) in [6, 6.07) is 0. The minimum absolute atomic E-state index is 0.224. The van der Waals surface area contributed by atoms with Crippen LogP contribution in [-0.4, -0.2) is 12.1 Å². The molecule has 1 unspecified atom stereocenters. The summed E-state index contributed by atoms with van der Waals surface area (Å²) >= 11 is 4.79. The van der Waals surface area contributed by atoms with Crippen LogP contribution in [0.5, 0.6) is 0 Å². The number of rotatable bonds is 12. The van der Waals surface area contributed by atoms with Crippen molar-refractivity contribution in [3.05, 3.63) is 0 Å². The molecular formula is C14H26ClFO2. The summed E-state index contributed by atoms with van der Waals surface area (Å²) in [4.78, 5) is 10.7. The average molecular weight is 281 g/mol. The van der Waals surface area contributed by atoms with E-state index in [2.05, 4.69) is 11.2 Å². The molecular weight excluding hydrogens is 255 g/mol. The van der Waals surface area contributed by atoms with Gasteiger partial charge in [-0.25, -0.2) is 9.18 Å². The summed E-state index contributed by atoms with van der Waals surface area (Å²) in [6.07, 6.45) is 10.6. The van der Waals surface area contributed by atoms with Gasteiger partial charge in [-0.3, -0.25) is 0 Å². The maximum atomic E-state index is 13.0. The summed E-state index contributed by atoms with van der Waals surface area (Å²) in [5, 5.41) is 0. The first kappa shape index (κ1) is 17.7. The lowest BCUT2D eigenvalue weighted by Gasteiger charge is -2.04. The Labute approximate surface area is 115 Å². The summed E-state index contributed by atoms with van der Waals surface area (Å²) < 4.78 is 16.8. The van der Waals surface area contributed by atoms with Gasteiger partial charge in [0.05, 0.1) is 0 Å². The Bertz CT molecular complexity index is 200. The van der Waals surface area contributed by atoms with Crippen LogP contribution in [0.3, 0.4) is 0 Å². The Morgan fingerprint density at radius 1 is 1.00 bits per heavy atom. The van der Waals surface area contributed by atoms with Crippen LogP contribution in [0, 0.1) is 0 Å². The van der Waals surface area contributed by atoms with E-state index in [4.69, 9.17) is 11.9 Å². The summed E-state index contributed by atoms with van der Waals surface area (Å²) in [5.74, 6) is -0.965. The maximum Gasteiger partial charge on any atom is 0.358 e. The molecule has 0 saturated heterocycles. The molecule has 108 valence electrons. The highest BCUT2D eigenvalue weighted by atomic mass is 35.5. The van der Waals surface area contributed by atoms with Gasteiger partial charge in [-0.05, 0) is 12.8 Å². The molecule has 0 rings (SSSR count). The Morgan fingerprint density at radius 3 is 1.89 bits per heavy atom. The fourth-order valence-electron chi connectivity index (χ4n) is 1.98. The van der Waals surface area contributed by atoms with Gasteiger partial charge in [0.25, 0.3) is 0 Å². The number of hydrogen-bond donors (Lipinski definition) is 0. The summed E-state index contributed by atoms with van der Waals surface area (Å²) in [6.45, 7) is 2.22. The van der Waals surface area contributed by atoms with E-state index in [1.165, 1.54) is 44.9 Å². The zero-order valence-corrected chi connectivity index (χ0v) is 12.2. The zero-order chi connectivity index (χ0) is 13.6. The van der Waals surface area contributed by atoms with Crippen LogP contribution in [-0.2, 0) is 9.08 Å². The van der Waals surface area contributed by atoms with Crippen molar-refractivity contribution in [2.75, 3.05) is 0 Å². The molecule has 0 aliphatic heterocycles. The van der Waals surface area contributed by atoms with E-state index in [1.54, 1.807) is 0 Å². The second kappa shape index (κ2) is 13.1. The third-order valence-electron chi connectivity index (χ3n) is 3.14. The van der Waals surface area contributed by atoms with Gasteiger partial charge in [-0.2, -0.15) is 0 Å². The zero-order valence-electron chi connectivity index (χ0n) is 11.4. The molecule has 0 aliphatic rings. The van der Waals surface area contributed by atoms with Gasteiger partial charge in [0.15, 0.2) is 6.17 Å². The number of hydrogen-bond acceptors (Lipinski definition) is 2. The number of alkyl halides is 1. The highest BCUT2D eigenvalue weighted by Crippen LogP contribution is 2.13. The van der Waals surface area contributed by atoms with Gasteiger partial charge in [-0.15, -0.1) is 0 Å². The van der Waals surface area contributed by atoms with E-state index < -0.39 is 12.1 Å². The summed E-state index contributed by atoms with van der Waals surface area (Å²) in [5.41, 5.74) is 0. The largest absolute Gasteiger partial charge is 0.358 e. The molecule has 0 spiro atoms. The third-order valence-corrected chi connectivity index (χ3v) is 3.29. The van der Waals surface area contributed by atoms with Crippen molar-refractivity contribution in [2.45, 2.75) is 83.7 Å². The summed E-state index contributed by atoms with van der Waals surface area (Å²) in [7, 11) is 0. The molecule has 0 N–H and O–H groups in total. The van der Waals surface area contributed by atoms with Crippen LogP contribution in [0.25, 0.3) is 0 Å². The lowest BCUT2D eigenvalue weighted by molar-refractivity contribution is -0.139. The predicted octanol–water partition coefficient (Wildman–Crippen LogP) is 5.33. The van der Waals surface area contributed by atoms with Crippen LogP contribution >= 0.6 is 11.9 Å². The van der Waals surface area contributed by atoms with Crippen LogP contribution in [0.2, 0.25) is 0 Å². The van der Waals surface area contributed by atoms with Crippen LogP contribution < -0.4 is 0 Å². The molecule has 0 saturated carbocycles. The smallest absolute Gasteiger partial charge is 0.345 e. The molecule has 1 atom stereocenters. The van der Waals surface area contributed by atoms with Crippen LogP contribution in [0.1, 0.15) is 77.6 Å². The number of carbonyl (C=O) groups is 1. The first-order valence-electron chi connectivity index (χ1n) is 7.18. The monoisotopic (exact) mass is 280 g/mol. The SMILES string of the molecule is CCCCCCCCCCCCC(F)C(=O)OCl. The van der Waals surface area contributed by atoms with Gasteiger partial charge in [0, 0.05) is 0 Å². The average Bonchev–Trinajstić information content (AvgIpc) is 2.39. The Morgan fingerprint density at radius 2 is 1.44 bits per heavy atom. The maximum absolute atomic E-state index is 13.0. The Balaban J connectivity index is 3.14. The van der Waals surface area contributed by atoms with Crippen molar-refractivity contribution in [3.8, 4) is 0 Å². The minimum Gasteiger partial charge on any atom is -0.345 e. The van der Waals surface area contributed by atoms with Crippen molar-refractivity contribution in [1.29, 1.82) is 0 Å². The number of halogens is 2. The normalized spacial score (nSPS) is 12.4. The van der Waals surface area contributed by atoms with E-state index in [0.717, 1.165) is 19.3 Å². The molecule has 0 aromatic rings. The van der Waals surface area contributed by atoms with E-state index in [9.17, 15) is 9.18 Å². The molecule has 0 aromatic heterocycles. The van der Waals surface area contributed by atoms with Gasteiger partial charge in [-0.1, -0.05) is 64.7 Å². The van der Waals surface area contributed by atoms with Crippen molar-refractivity contribution in [1.82, 2.24) is 0 Å². The molecule has 0 bridgehead atoms. The highest BCUT2D eigenvalue weighted by molar-refractivity contribution is 6.13. The van der Waals surface area contributed by atoms with Crippen LogP contribution in [0.15, 0.2) is 0 Å². The molecule has 0 aliphatic carbocycles. The van der Waals surface area contributed by atoms with Gasteiger partial charge in [0.2, 0.25) is 0 Å². The van der Waals surface area contributed by atoms with E-state index in [-0.39, 0.29) is 6.42 Å². The van der Waals surface area contributed by atoms with E-state index in [0.29, 0.717) is 0 Å². The topological polar surface area (TPSA) is 26.3 Å².